The smallest absolute Gasteiger partial charge is 0.119 e. The predicted octanol–water partition coefficient (Wildman–Crippen LogP) is 6.21. The molecule has 0 saturated carbocycles. The Balaban J connectivity index is 1.68. The highest BCUT2D eigenvalue weighted by Crippen LogP contribution is 2.31. The first kappa shape index (κ1) is 16.8. The Hall–Kier alpha value is -2.02. The molecule has 1 atom stereocenters. The van der Waals surface area contributed by atoms with Gasteiger partial charge in [0.05, 0.1) is 6.61 Å². The summed E-state index contributed by atoms with van der Waals surface area (Å²) in [7, 11) is 0. The van der Waals surface area contributed by atoms with Crippen molar-refractivity contribution in [1.82, 2.24) is 0 Å². The van der Waals surface area contributed by atoms with Crippen LogP contribution in [0.4, 0.5) is 0 Å². The van der Waals surface area contributed by atoms with E-state index >= 15 is 0 Å². The van der Waals surface area contributed by atoms with Gasteiger partial charge in [-0.1, -0.05) is 55.8 Å². The van der Waals surface area contributed by atoms with Crippen LogP contribution in [0.3, 0.4) is 0 Å². The summed E-state index contributed by atoms with van der Waals surface area (Å²) in [5, 5.41) is 0. The lowest BCUT2D eigenvalue weighted by molar-refractivity contribution is 0.325. The molecule has 126 valence electrons. The zero-order valence-electron chi connectivity index (χ0n) is 14.9. The minimum absolute atomic E-state index is 0.737. The largest absolute Gasteiger partial charge is 0.493 e. The number of allylic oxidation sites excluding steroid dienone is 1. The highest BCUT2D eigenvalue weighted by Gasteiger charge is 2.17. The molecule has 0 fully saturated rings. The van der Waals surface area contributed by atoms with Crippen molar-refractivity contribution in [3.63, 3.8) is 0 Å². The third-order valence-electron chi connectivity index (χ3n) is 5.09. The third-order valence-corrected chi connectivity index (χ3v) is 5.09. The lowest BCUT2D eigenvalue weighted by atomic mass is 9.81. The minimum atomic E-state index is 0.737. The van der Waals surface area contributed by atoms with Crippen molar-refractivity contribution in [2.75, 3.05) is 6.61 Å². The molecule has 1 aliphatic rings. The first-order chi connectivity index (χ1) is 11.8. The van der Waals surface area contributed by atoms with Gasteiger partial charge in [-0.2, -0.15) is 0 Å². The SMILES string of the molecule is C/C=C/CCOc1ccc(-c2ccc3c(c2)CCC(CC)C3)cc1. The summed E-state index contributed by atoms with van der Waals surface area (Å²) in [6.45, 7) is 5.09. The zero-order chi connectivity index (χ0) is 16.8. The summed E-state index contributed by atoms with van der Waals surface area (Å²) >= 11 is 0. The molecule has 1 aliphatic carbocycles. The second kappa shape index (κ2) is 8.19. The Bertz CT molecular complexity index is 682. The summed E-state index contributed by atoms with van der Waals surface area (Å²) in [6.07, 6.45) is 10.3. The quantitative estimate of drug-likeness (QED) is 0.454. The van der Waals surface area contributed by atoms with Crippen LogP contribution in [0.5, 0.6) is 5.75 Å². The van der Waals surface area contributed by atoms with E-state index in [-0.39, 0.29) is 0 Å². The van der Waals surface area contributed by atoms with Crippen molar-refractivity contribution in [3.05, 3.63) is 65.7 Å². The second-order valence-electron chi connectivity index (χ2n) is 6.73. The fourth-order valence-electron chi connectivity index (χ4n) is 3.51. The molecule has 0 bridgehead atoms. The summed E-state index contributed by atoms with van der Waals surface area (Å²) in [5.74, 6) is 1.83. The molecule has 0 heterocycles. The number of rotatable bonds is 6. The minimum Gasteiger partial charge on any atom is -0.493 e. The van der Waals surface area contributed by atoms with Crippen LogP contribution >= 0.6 is 0 Å². The molecular weight excluding hydrogens is 292 g/mol. The zero-order valence-corrected chi connectivity index (χ0v) is 14.9. The maximum Gasteiger partial charge on any atom is 0.119 e. The van der Waals surface area contributed by atoms with E-state index in [4.69, 9.17) is 4.74 Å². The van der Waals surface area contributed by atoms with Crippen molar-refractivity contribution in [2.24, 2.45) is 5.92 Å². The fourth-order valence-corrected chi connectivity index (χ4v) is 3.51. The summed E-state index contributed by atoms with van der Waals surface area (Å²) < 4.78 is 5.76. The number of benzene rings is 2. The van der Waals surface area contributed by atoms with Gasteiger partial charge in [-0.15, -0.1) is 0 Å². The summed E-state index contributed by atoms with van der Waals surface area (Å²) in [5.41, 5.74) is 5.70. The van der Waals surface area contributed by atoms with Crippen molar-refractivity contribution in [2.45, 2.75) is 46.0 Å². The normalized spacial score (nSPS) is 17.0. The van der Waals surface area contributed by atoms with Crippen LogP contribution in [0.2, 0.25) is 0 Å². The van der Waals surface area contributed by atoms with Gasteiger partial charge in [-0.05, 0) is 72.9 Å². The van der Waals surface area contributed by atoms with E-state index in [2.05, 4.69) is 61.5 Å². The Morgan fingerprint density at radius 3 is 2.58 bits per heavy atom. The van der Waals surface area contributed by atoms with Gasteiger partial charge in [0.2, 0.25) is 0 Å². The van der Waals surface area contributed by atoms with E-state index in [1.807, 2.05) is 6.92 Å². The molecule has 0 N–H and O–H groups in total. The monoisotopic (exact) mass is 320 g/mol. The Kier molecular flexibility index (Phi) is 5.74. The van der Waals surface area contributed by atoms with Gasteiger partial charge in [0.25, 0.3) is 0 Å². The second-order valence-corrected chi connectivity index (χ2v) is 6.73. The molecule has 1 nitrogen and oxygen atoms in total. The standard InChI is InChI=1S/C23H28O/c1-3-5-6-15-24-23-13-11-19(12-14-23)21-10-9-20-16-18(4-2)7-8-22(20)17-21/h3,5,9-14,17-18H,4,6-8,15-16H2,1-2H3/b5-3+. The Labute approximate surface area is 146 Å². The molecule has 1 unspecified atom stereocenters. The van der Waals surface area contributed by atoms with Crippen LogP contribution in [-0.4, -0.2) is 6.61 Å². The number of ether oxygens (including phenoxy) is 1. The first-order valence-electron chi connectivity index (χ1n) is 9.26. The maximum absolute atomic E-state index is 5.76. The van der Waals surface area contributed by atoms with E-state index in [1.54, 1.807) is 11.1 Å². The van der Waals surface area contributed by atoms with Gasteiger partial charge < -0.3 is 4.74 Å². The number of aryl methyl sites for hydroxylation is 1. The lowest BCUT2D eigenvalue weighted by Gasteiger charge is -2.24. The topological polar surface area (TPSA) is 9.23 Å². The van der Waals surface area contributed by atoms with Crippen molar-refractivity contribution < 1.29 is 4.74 Å². The van der Waals surface area contributed by atoms with E-state index in [0.717, 1.165) is 24.7 Å². The van der Waals surface area contributed by atoms with Crippen molar-refractivity contribution in [1.29, 1.82) is 0 Å². The molecule has 1 heteroatoms. The van der Waals surface area contributed by atoms with E-state index in [1.165, 1.54) is 36.8 Å². The van der Waals surface area contributed by atoms with Gasteiger partial charge in [-0.25, -0.2) is 0 Å². The summed E-state index contributed by atoms with van der Waals surface area (Å²) in [6, 6.07) is 15.5. The van der Waals surface area contributed by atoms with Crippen LogP contribution < -0.4 is 4.74 Å². The predicted molar refractivity (Wildman–Crippen MR) is 103 cm³/mol. The van der Waals surface area contributed by atoms with E-state index in [0.29, 0.717) is 0 Å². The molecule has 3 rings (SSSR count). The van der Waals surface area contributed by atoms with E-state index < -0.39 is 0 Å². The molecule has 0 amide bonds. The van der Waals surface area contributed by atoms with Crippen molar-refractivity contribution in [3.8, 4) is 16.9 Å². The molecule has 24 heavy (non-hydrogen) atoms. The van der Waals surface area contributed by atoms with Crippen LogP contribution in [0.25, 0.3) is 11.1 Å². The molecule has 2 aromatic carbocycles. The molecule has 0 spiro atoms. The lowest BCUT2D eigenvalue weighted by Crippen LogP contribution is -2.13. The number of hydrogen-bond donors (Lipinski definition) is 0. The maximum atomic E-state index is 5.76. The Morgan fingerprint density at radius 1 is 1.04 bits per heavy atom. The van der Waals surface area contributed by atoms with Gasteiger partial charge in [-0.3, -0.25) is 0 Å². The highest BCUT2D eigenvalue weighted by atomic mass is 16.5. The summed E-state index contributed by atoms with van der Waals surface area (Å²) in [4.78, 5) is 0. The molecule has 0 saturated heterocycles. The molecular formula is C23H28O. The van der Waals surface area contributed by atoms with Gasteiger partial charge >= 0.3 is 0 Å². The average molecular weight is 320 g/mol. The first-order valence-corrected chi connectivity index (χ1v) is 9.26. The average Bonchev–Trinajstić information content (AvgIpc) is 2.65. The molecule has 0 radical (unpaired) electrons. The highest BCUT2D eigenvalue weighted by molar-refractivity contribution is 5.65. The Morgan fingerprint density at radius 2 is 1.83 bits per heavy atom. The molecule has 0 aromatic heterocycles. The van der Waals surface area contributed by atoms with Crippen LogP contribution in [0, 0.1) is 5.92 Å². The van der Waals surface area contributed by atoms with Crippen LogP contribution in [-0.2, 0) is 12.8 Å². The van der Waals surface area contributed by atoms with E-state index in [9.17, 15) is 0 Å². The molecule has 0 aliphatic heterocycles. The van der Waals surface area contributed by atoms with Crippen LogP contribution in [0.15, 0.2) is 54.6 Å². The van der Waals surface area contributed by atoms with Crippen LogP contribution in [0.1, 0.15) is 44.2 Å². The van der Waals surface area contributed by atoms with Gasteiger partial charge in [0.1, 0.15) is 5.75 Å². The van der Waals surface area contributed by atoms with Crippen molar-refractivity contribution >= 4 is 0 Å². The number of fused-ring (bicyclic) bond motifs is 1. The number of hydrogen-bond acceptors (Lipinski definition) is 1. The third kappa shape index (κ3) is 4.08. The fraction of sp³-hybridized carbons (Fsp3) is 0.391. The van der Waals surface area contributed by atoms with Gasteiger partial charge in [0.15, 0.2) is 0 Å². The molecule has 2 aromatic rings. The van der Waals surface area contributed by atoms with Gasteiger partial charge in [0, 0.05) is 0 Å².